The molecule has 1 N–H and O–H groups in total. The van der Waals surface area contributed by atoms with Crippen molar-refractivity contribution in [2.45, 2.75) is 19.4 Å². The van der Waals surface area contributed by atoms with E-state index in [1.165, 1.54) is 0 Å². The van der Waals surface area contributed by atoms with Gasteiger partial charge in [0.2, 0.25) is 0 Å². The van der Waals surface area contributed by atoms with Crippen molar-refractivity contribution in [2.75, 3.05) is 24.7 Å². The summed E-state index contributed by atoms with van der Waals surface area (Å²) in [5.41, 5.74) is 1.48. The average molecular weight is 296 g/mol. The molecule has 5 heteroatoms. The van der Waals surface area contributed by atoms with Crippen LogP contribution < -0.4 is 4.90 Å². The molecule has 0 aromatic heterocycles. The quantitative estimate of drug-likeness (QED) is 0.871. The van der Waals surface area contributed by atoms with Gasteiger partial charge in [-0.1, -0.05) is 23.7 Å². The Bertz CT molecular complexity index is 540. The summed E-state index contributed by atoms with van der Waals surface area (Å²) in [7, 11) is 0. The van der Waals surface area contributed by atoms with E-state index in [-0.39, 0.29) is 5.54 Å². The Morgan fingerprint density at radius 1 is 1.50 bits per heavy atom. The van der Waals surface area contributed by atoms with Crippen molar-refractivity contribution in [1.29, 1.82) is 0 Å². The highest BCUT2D eigenvalue weighted by molar-refractivity contribution is 6.33. The van der Waals surface area contributed by atoms with Crippen LogP contribution in [0.5, 0.6) is 0 Å². The lowest BCUT2D eigenvalue weighted by atomic mass is 9.99. The molecule has 1 saturated heterocycles. The minimum absolute atomic E-state index is 0.185. The molecule has 1 aliphatic rings. The highest BCUT2D eigenvalue weighted by atomic mass is 35.5. The number of aliphatic carboxylic acids is 1. The number of nitrogens with zero attached hydrogens (tertiary/aromatic N) is 1. The lowest BCUT2D eigenvalue weighted by Crippen LogP contribution is -2.53. The Kier molecular flexibility index (Phi) is 4.35. The van der Waals surface area contributed by atoms with E-state index in [0.717, 1.165) is 23.9 Å². The molecular formula is C15H18ClNO3. The fraction of sp³-hybridized carbons (Fsp3) is 0.400. The molecule has 1 heterocycles. The van der Waals surface area contributed by atoms with E-state index >= 15 is 0 Å². The Labute approximate surface area is 123 Å². The third-order valence-corrected chi connectivity index (χ3v) is 3.64. The molecule has 2 rings (SSSR count). The van der Waals surface area contributed by atoms with E-state index in [1.54, 1.807) is 6.08 Å². The summed E-state index contributed by atoms with van der Waals surface area (Å²) < 4.78 is 5.52. The lowest BCUT2D eigenvalue weighted by Gasteiger charge is -2.44. The zero-order valence-electron chi connectivity index (χ0n) is 11.6. The Balaban J connectivity index is 2.46. The van der Waals surface area contributed by atoms with Gasteiger partial charge in [0.25, 0.3) is 0 Å². The number of hydrogen-bond acceptors (Lipinski definition) is 3. The zero-order chi connectivity index (χ0) is 14.8. The second-order valence-corrected chi connectivity index (χ2v) is 5.77. The van der Waals surface area contributed by atoms with Crippen LogP contribution >= 0.6 is 11.6 Å². The number of benzene rings is 1. The van der Waals surface area contributed by atoms with Gasteiger partial charge in [-0.25, -0.2) is 4.79 Å². The number of carboxylic acid groups (broad SMARTS) is 1. The number of carbonyl (C=O) groups is 1. The highest BCUT2D eigenvalue weighted by Crippen LogP contribution is 2.36. The number of anilines is 1. The van der Waals surface area contributed by atoms with Crippen molar-refractivity contribution < 1.29 is 14.6 Å². The molecule has 0 spiro atoms. The summed E-state index contributed by atoms with van der Waals surface area (Å²) in [5.74, 6) is -0.975. The Morgan fingerprint density at radius 2 is 2.25 bits per heavy atom. The Morgan fingerprint density at radius 3 is 2.90 bits per heavy atom. The molecule has 0 unspecified atom stereocenters. The van der Waals surface area contributed by atoms with Crippen molar-refractivity contribution in [1.82, 2.24) is 0 Å². The van der Waals surface area contributed by atoms with Crippen LogP contribution in [0.3, 0.4) is 0 Å². The monoisotopic (exact) mass is 295 g/mol. The van der Waals surface area contributed by atoms with Gasteiger partial charge in [-0.3, -0.25) is 0 Å². The largest absolute Gasteiger partial charge is 0.478 e. The minimum Gasteiger partial charge on any atom is -0.478 e. The number of halogens is 1. The van der Waals surface area contributed by atoms with Crippen LogP contribution in [0.15, 0.2) is 24.3 Å². The van der Waals surface area contributed by atoms with E-state index in [4.69, 9.17) is 21.4 Å². The molecule has 0 aliphatic carbocycles. The van der Waals surface area contributed by atoms with E-state index < -0.39 is 5.97 Å². The standard InChI is InChI=1S/C15H18ClNO3/c1-15(2)10-20-9-8-17(15)14-11(6-7-13(18)19)4-3-5-12(14)16/h3-7H,8-10H2,1-2H3,(H,18,19)/b7-6+. The molecule has 0 saturated carbocycles. The molecule has 1 aromatic rings. The van der Waals surface area contributed by atoms with Gasteiger partial charge in [-0.15, -0.1) is 0 Å². The molecule has 108 valence electrons. The fourth-order valence-electron chi connectivity index (χ4n) is 2.39. The maximum absolute atomic E-state index is 10.7. The summed E-state index contributed by atoms with van der Waals surface area (Å²) in [5, 5.41) is 9.41. The van der Waals surface area contributed by atoms with E-state index in [2.05, 4.69) is 18.7 Å². The van der Waals surface area contributed by atoms with Crippen molar-refractivity contribution in [3.63, 3.8) is 0 Å². The second kappa shape index (κ2) is 5.85. The zero-order valence-corrected chi connectivity index (χ0v) is 12.4. The van der Waals surface area contributed by atoms with Gasteiger partial charge in [0, 0.05) is 12.6 Å². The number of ether oxygens (including phenoxy) is 1. The summed E-state index contributed by atoms with van der Waals surface area (Å²) in [4.78, 5) is 12.9. The predicted molar refractivity (Wildman–Crippen MR) is 80.4 cm³/mol. The van der Waals surface area contributed by atoms with Crippen LogP contribution in [0, 0.1) is 0 Å². The first-order valence-corrected chi connectivity index (χ1v) is 6.84. The third-order valence-electron chi connectivity index (χ3n) is 3.34. The van der Waals surface area contributed by atoms with Crippen molar-refractivity contribution in [3.8, 4) is 0 Å². The SMILES string of the molecule is CC1(C)COCCN1c1c(Cl)cccc1/C=C/C(=O)O. The molecule has 1 aliphatic heterocycles. The number of carboxylic acids is 1. The van der Waals surface area contributed by atoms with Crippen LogP contribution in [0.2, 0.25) is 5.02 Å². The fourth-order valence-corrected chi connectivity index (χ4v) is 2.67. The maximum atomic E-state index is 10.7. The number of morpholine rings is 1. The lowest BCUT2D eigenvalue weighted by molar-refractivity contribution is -0.131. The van der Waals surface area contributed by atoms with Gasteiger partial charge < -0.3 is 14.7 Å². The van der Waals surface area contributed by atoms with Crippen molar-refractivity contribution in [3.05, 3.63) is 34.9 Å². The minimum atomic E-state index is -0.975. The van der Waals surface area contributed by atoms with Crippen LogP contribution in [-0.4, -0.2) is 36.4 Å². The molecule has 0 atom stereocenters. The Hall–Kier alpha value is -1.52. The van der Waals surface area contributed by atoms with E-state index in [0.29, 0.717) is 18.2 Å². The summed E-state index contributed by atoms with van der Waals surface area (Å²) >= 11 is 6.34. The van der Waals surface area contributed by atoms with Crippen molar-refractivity contribution in [2.24, 2.45) is 0 Å². The summed E-state index contributed by atoms with van der Waals surface area (Å²) in [6, 6.07) is 5.51. The third kappa shape index (κ3) is 3.14. The molecule has 0 bridgehead atoms. The normalized spacial score (nSPS) is 18.4. The topological polar surface area (TPSA) is 49.8 Å². The van der Waals surface area contributed by atoms with Crippen LogP contribution in [-0.2, 0) is 9.53 Å². The first-order chi connectivity index (χ1) is 9.42. The number of hydrogen-bond donors (Lipinski definition) is 1. The maximum Gasteiger partial charge on any atom is 0.328 e. The van der Waals surface area contributed by atoms with Gasteiger partial charge in [-0.05, 0) is 31.6 Å². The van der Waals surface area contributed by atoms with Crippen molar-refractivity contribution >= 4 is 29.3 Å². The number of para-hydroxylation sites is 1. The highest BCUT2D eigenvalue weighted by Gasteiger charge is 2.32. The van der Waals surface area contributed by atoms with Gasteiger partial charge in [0.1, 0.15) is 0 Å². The van der Waals surface area contributed by atoms with Gasteiger partial charge in [0.05, 0.1) is 29.5 Å². The summed E-state index contributed by atoms with van der Waals surface area (Å²) in [6.07, 6.45) is 2.71. The smallest absolute Gasteiger partial charge is 0.328 e. The molecule has 0 amide bonds. The van der Waals surface area contributed by atoms with E-state index in [1.807, 2.05) is 18.2 Å². The molecule has 20 heavy (non-hydrogen) atoms. The summed E-state index contributed by atoms with van der Waals surface area (Å²) in [6.45, 7) is 6.14. The van der Waals surface area contributed by atoms with Gasteiger partial charge in [-0.2, -0.15) is 0 Å². The van der Waals surface area contributed by atoms with Crippen LogP contribution in [0.25, 0.3) is 6.08 Å². The molecule has 1 fully saturated rings. The first kappa shape index (κ1) is 14.9. The molecule has 0 radical (unpaired) electrons. The van der Waals surface area contributed by atoms with Crippen LogP contribution in [0.1, 0.15) is 19.4 Å². The number of rotatable bonds is 3. The molecular weight excluding hydrogens is 278 g/mol. The van der Waals surface area contributed by atoms with Gasteiger partial charge in [0.15, 0.2) is 0 Å². The molecule has 4 nitrogen and oxygen atoms in total. The van der Waals surface area contributed by atoms with E-state index in [9.17, 15) is 4.79 Å². The second-order valence-electron chi connectivity index (χ2n) is 5.37. The average Bonchev–Trinajstić information content (AvgIpc) is 2.37. The van der Waals surface area contributed by atoms with Crippen LogP contribution in [0.4, 0.5) is 5.69 Å². The predicted octanol–water partition coefficient (Wildman–Crippen LogP) is 3.05. The first-order valence-electron chi connectivity index (χ1n) is 6.47. The van der Waals surface area contributed by atoms with Gasteiger partial charge >= 0.3 is 5.97 Å². The molecule has 1 aromatic carbocycles.